The minimum absolute atomic E-state index is 0.0819. The Bertz CT molecular complexity index is 696. The van der Waals surface area contributed by atoms with Gasteiger partial charge in [-0.1, -0.05) is 54.0 Å². The molecule has 0 saturated heterocycles. The Labute approximate surface area is 152 Å². The first kappa shape index (κ1) is 18.5. The van der Waals surface area contributed by atoms with E-state index in [9.17, 15) is 4.79 Å². The molecule has 0 heterocycles. The van der Waals surface area contributed by atoms with E-state index in [1.54, 1.807) is 19.2 Å². The van der Waals surface area contributed by atoms with Crippen molar-refractivity contribution in [1.82, 2.24) is 5.32 Å². The molecule has 0 aromatic heterocycles. The number of benzene rings is 2. The summed E-state index contributed by atoms with van der Waals surface area (Å²) in [5, 5.41) is 3.10. The van der Waals surface area contributed by atoms with Gasteiger partial charge in [0.15, 0.2) is 0 Å². The number of hydrogen-bond donors (Lipinski definition) is 1. The molecule has 1 N–H and O–H groups in total. The Balaban J connectivity index is 2.21. The van der Waals surface area contributed by atoms with Crippen LogP contribution in [-0.2, 0) is 5.41 Å². The lowest BCUT2D eigenvalue weighted by Gasteiger charge is -2.33. The Morgan fingerprint density at radius 2 is 1.83 bits per heavy atom. The summed E-state index contributed by atoms with van der Waals surface area (Å²) in [6.07, 6.45) is 1.90. The van der Waals surface area contributed by atoms with E-state index in [1.807, 2.05) is 24.3 Å². The van der Waals surface area contributed by atoms with Gasteiger partial charge in [0.1, 0.15) is 5.75 Å². The minimum atomic E-state index is -0.103. The molecule has 2 rings (SSSR count). The lowest BCUT2D eigenvalue weighted by molar-refractivity contribution is 0.0938. The number of methoxy groups -OCH3 is 1. The van der Waals surface area contributed by atoms with Crippen molar-refractivity contribution >= 4 is 21.8 Å². The fourth-order valence-electron chi connectivity index (χ4n) is 3.01. The lowest BCUT2D eigenvalue weighted by atomic mass is 9.75. The zero-order chi connectivity index (χ0) is 17.6. The van der Waals surface area contributed by atoms with Gasteiger partial charge in [0, 0.05) is 16.4 Å². The summed E-state index contributed by atoms with van der Waals surface area (Å²) in [5.74, 6) is 0.491. The van der Waals surface area contributed by atoms with E-state index in [1.165, 1.54) is 5.56 Å². The molecular weight excluding hydrogens is 366 g/mol. The second-order valence-electron chi connectivity index (χ2n) is 5.88. The zero-order valence-electron chi connectivity index (χ0n) is 14.4. The van der Waals surface area contributed by atoms with Crippen molar-refractivity contribution in [2.75, 3.05) is 13.7 Å². The first-order chi connectivity index (χ1) is 11.6. The molecule has 128 valence electrons. The van der Waals surface area contributed by atoms with Gasteiger partial charge in [0.05, 0.1) is 12.7 Å². The predicted molar refractivity (Wildman–Crippen MR) is 102 cm³/mol. The highest BCUT2D eigenvalue weighted by molar-refractivity contribution is 9.10. The monoisotopic (exact) mass is 389 g/mol. The lowest BCUT2D eigenvalue weighted by Crippen LogP contribution is -2.40. The molecule has 1 amide bonds. The van der Waals surface area contributed by atoms with Crippen molar-refractivity contribution in [2.45, 2.75) is 32.1 Å². The summed E-state index contributed by atoms with van der Waals surface area (Å²) >= 11 is 3.54. The maximum atomic E-state index is 12.6. The van der Waals surface area contributed by atoms with Gasteiger partial charge in [-0.2, -0.15) is 0 Å². The number of carbonyl (C=O) groups excluding carboxylic acids is 1. The van der Waals surface area contributed by atoms with Crippen molar-refractivity contribution in [2.24, 2.45) is 0 Å². The van der Waals surface area contributed by atoms with Crippen LogP contribution in [-0.4, -0.2) is 19.6 Å². The predicted octanol–water partition coefficient (Wildman–Crippen LogP) is 4.95. The molecule has 0 aliphatic carbocycles. The summed E-state index contributed by atoms with van der Waals surface area (Å²) in [7, 11) is 1.58. The third-order valence-corrected chi connectivity index (χ3v) is 5.22. The number of nitrogens with one attached hydrogen (secondary N) is 1. The molecule has 0 fully saturated rings. The number of rotatable bonds is 7. The van der Waals surface area contributed by atoms with E-state index in [0.29, 0.717) is 17.9 Å². The Kier molecular flexibility index (Phi) is 6.44. The van der Waals surface area contributed by atoms with Crippen LogP contribution >= 0.6 is 15.9 Å². The summed E-state index contributed by atoms with van der Waals surface area (Å²) in [4.78, 5) is 12.6. The van der Waals surface area contributed by atoms with Gasteiger partial charge in [-0.05, 0) is 42.7 Å². The topological polar surface area (TPSA) is 38.3 Å². The molecule has 3 nitrogen and oxygen atoms in total. The highest BCUT2D eigenvalue weighted by Gasteiger charge is 2.29. The summed E-state index contributed by atoms with van der Waals surface area (Å²) in [5.41, 5.74) is 1.72. The highest BCUT2D eigenvalue weighted by Crippen LogP contribution is 2.32. The third-order valence-electron chi connectivity index (χ3n) is 4.73. The van der Waals surface area contributed by atoms with Crippen LogP contribution in [0, 0.1) is 0 Å². The molecule has 0 aliphatic rings. The van der Waals surface area contributed by atoms with Crippen LogP contribution in [0.2, 0.25) is 0 Å². The van der Waals surface area contributed by atoms with Crippen LogP contribution in [0.3, 0.4) is 0 Å². The number of ether oxygens (including phenoxy) is 1. The Morgan fingerprint density at radius 3 is 2.46 bits per heavy atom. The molecule has 2 aromatic carbocycles. The highest BCUT2D eigenvalue weighted by atomic mass is 79.9. The molecule has 24 heavy (non-hydrogen) atoms. The van der Waals surface area contributed by atoms with Crippen molar-refractivity contribution in [3.05, 3.63) is 64.1 Å². The molecule has 2 aromatic rings. The van der Waals surface area contributed by atoms with E-state index in [4.69, 9.17) is 4.74 Å². The first-order valence-electron chi connectivity index (χ1n) is 8.23. The van der Waals surface area contributed by atoms with Gasteiger partial charge < -0.3 is 10.1 Å². The second-order valence-corrected chi connectivity index (χ2v) is 6.80. The van der Waals surface area contributed by atoms with Crippen molar-refractivity contribution in [3.8, 4) is 5.75 Å². The van der Waals surface area contributed by atoms with Gasteiger partial charge in [0.25, 0.3) is 5.91 Å². The molecule has 0 spiro atoms. The van der Waals surface area contributed by atoms with E-state index in [0.717, 1.165) is 17.3 Å². The van der Waals surface area contributed by atoms with Crippen molar-refractivity contribution in [1.29, 1.82) is 0 Å². The van der Waals surface area contributed by atoms with Crippen LogP contribution in [0.4, 0.5) is 0 Å². The fraction of sp³-hybridized carbons (Fsp3) is 0.350. The summed E-state index contributed by atoms with van der Waals surface area (Å²) in [6, 6.07) is 15.6. The summed E-state index contributed by atoms with van der Waals surface area (Å²) in [6.45, 7) is 4.92. The molecule has 0 unspecified atom stereocenters. The van der Waals surface area contributed by atoms with Crippen LogP contribution in [0.5, 0.6) is 5.75 Å². The standard InChI is InChI=1S/C20H24BrNO2/c1-4-20(5-2,15-9-8-10-16(21)13-15)14-22-19(23)17-11-6-7-12-18(17)24-3/h6-13H,4-5,14H2,1-3H3,(H,22,23). The van der Waals surface area contributed by atoms with Crippen LogP contribution in [0.25, 0.3) is 0 Å². The van der Waals surface area contributed by atoms with Gasteiger partial charge in [-0.3, -0.25) is 4.79 Å². The Hall–Kier alpha value is -1.81. The maximum absolute atomic E-state index is 12.6. The molecule has 0 bridgehead atoms. The number of hydrogen-bond acceptors (Lipinski definition) is 2. The normalized spacial score (nSPS) is 11.2. The van der Waals surface area contributed by atoms with Crippen LogP contribution < -0.4 is 10.1 Å². The largest absolute Gasteiger partial charge is 0.496 e. The van der Waals surface area contributed by atoms with Gasteiger partial charge in [-0.15, -0.1) is 0 Å². The van der Waals surface area contributed by atoms with Gasteiger partial charge in [0.2, 0.25) is 0 Å². The number of amides is 1. The van der Waals surface area contributed by atoms with E-state index in [2.05, 4.69) is 47.2 Å². The molecule has 0 saturated carbocycles. The quantitative estimate of drug-likeness (QED) is 0.727. The molecule has 0 atom stereocenters. The SMILES string of the molecule is CCC(CC)(CNC(=O)c1ccccc1OC)c1cccc(Br)c1. The van der Waals surface area contributed by atoms with Gasteiger partial charge in [-0.25, -0.2) is 0 Å². The van der Waals surface area contributed by atoms with Crippen molar-refractivity contribution in [3.63, 3.8) is 0 Å². The first-order valence-corrected chi connectivity index (χ1v) is 9.03. The number of carbonyl (C=O) groups is 1. The number of halogens is 1. The average molecular weight is 390 g/mol. The Morgan fingerprint density at radius 1 is 1.12 bits per heavy atom. The zero-order valence-corrected chi connectivity index (χ0v) is 16.0. The fourth-order valence-corrected chi connectivity index (χ4v) is 3.40. The maximum Gasteiger partial charge on any atom is 0.255 e. The molecule has 0 radical (unpaired) electrons. The second kappa shape index (κ2) is 8.34. The van der Waals surface area contributed by atoms with Gasteiger partial charge >= 0.3 is 0 Å². The third kappa shape index (κ3) is 3.99. The average Bonchev–Trinajstić information content (AvgIpc) is 2.63. The van der Waals surface area contributed by atoms with E-state index >= 15 is 0 Å². The van der Waals surface area contributed by atoms with Crippen LogP contribution in [0.1, 0.15) is 42.6 Å². The molecule has 4 heteroatoms. The molecular formula is C20H24BrNO2. The summed E-state index contributed by atoms with van der Waals surface area (Å²) < 4.78 is 6.34. The van der Waals surface area contributed by atoms with E-state index < -0.39 is 0 Å². The van der Waals surface area contributed by atoms with Crippen molar-refractivity contribution < 1.29 is 9.53 Å². The minimum Gasteiger partial charge on any atom is -0.496 e. The van der Waals surface area contributed by atoms with E-state index in [-0.39, 0.29) is 11.3 Å². The molecule has 0 aliphatic heterocycles. The van der Waals surface area contributed by atoms with Crippen LogP contribution in [0.15, 0.2) is 53.0 Å². The smallest absolute Gasteiger partial charge is 0.255 e. The number of para-hydroxylation sites is 1.